The van der Waals surface area contributed by atoms with Crippen LogP contribution in [-0.2, 0) is 11.3 Å². The number of hydrogen-bond donors (Lipinski definition) is 2. The first kappa shape index (κ1) is 22.5. The fourth-order valence-corrected chi connectivity index (χ4v) is 4.26. The molecule has 1 aliphatic heterocycles. The molecule has 1 aliphatic rings. The van der Waals surface area contributed by atoms with Crippen LogP contribution in [0.1, 0.15) is 34.9 Å². The number of ether oxygens (including phenoxy) is 1. The molecule has 9 nitrogen and oxygen atoms in total. The van der Waals surface area contributed by atoms with Gasteiger partial charge in [0.15, 0.2) is 5.69 Å². The van der Waals surface area contributed by atoms with Gasteiger partial charge in [-0.05, 0) is 49.7 Å². The first-order valence-electron chi connectivity index (χ1n) is 10.9. The number of likely N-dealkylation sites (tertiary alicyclic amines) is 1. The van der Waals surface area contributed by atoms with E-state index in [1.807, 2.05) is 24.3 Å². The molecule has 1 aromatic heterocycles. The molecule has 3 aromatic rings. The van der Waals surface area contributed by atoms with Crippen LogP contribution in [0.15, 0.2) is 53.3 Å². The number of nitrogens with zero attached hydrogens (tertiary/aromatic N) is 3. The van der Waals surface area contributed by atoms with Gasteiger partial charge in [-0.3, -0.25) is 19.3 Å². The van der Waals surface area contributed by atoms with E-state index in [2.05, 4.69) is 15.3 Å². The normalized spacial score (nSPS) is 14.8. The van der Waals surface area contributed by atoms with Gasteiger partial charge < -0.3 is 15.8 Å². The third-order valence-corrected chi connectivity index (χ3v) is 5.97. The summed E-state index contributed by atoms with van der Waals surface area (Å²) < 4.78 is 6.25. The molecular formula is C24H27N5O4. The average molecular weight is 450 g/mol. The summed E-state index contributed by atoms with van der Waals surface area (Å²) in [5.74, 6) is -0.350. The Balaban J connectivity index is 1.52. The molecule has 2 amide bonds. The Labute approximate surface area is 191 Å². The molecule has 0 unspecified atom stereocenters. The first-order chi connectivity index (χ1) is 16.0. The van der Waals surface area contributed by atoms with Gasteiger partial charge in [0.1, 0.15) is 12.3 Å². The fourth-order valence-electron chi connectivity index (χ4n) is 4.26. The topological polar surface area (TPSA) is 120 Å². The Bertz CT molecular complexity index is 1220. The number of nitrogens with one attached hydrogen (secondary N) is 1. The molecule has 2 aromatic carbocycles. The maximum atomic E-state index is 12.8. The lowest BCUT2D eigenvalue weighted by Crippen LogP contribution is -2.40. The second-order valence-electron chi connectivity index (χ2n) is 8.06. The van der Waals surface area contributed by atoms with Crippen LogP contribution in [0.2, 0.25) is 0 Å². The van der Waals surface area contributed by atoms with Crippen LogP contribution in [0.4, 0.5) is 0 Å². The highest BCUT2D eigenvalue weighted by atomic mass is 16.5. The second kappa shape index (κ2) is 9.83. The Kier molecular flexibility index (Phi) is 6.69. The molecule has 3 N–H and O–H groups in total. The Hall–Kier alpha value is -3.72. The number of rotatable bonds is 8. The van der Waals surface area contributed by atoms with Crippen LogP contribution in [-0.4, -0.2) is 53.2 Å². The third kappa shape index (κ3) is 4.88. The van der Waals surface area contributed by atoms with Crippen LogP contribution in [0.5, 0.6) is 5.75 Å². The Morgan fingerprint density at radius 2 is 1.76 bits per heavy atom. The second-order valence-corrected chi connectivity index (χ2v) is 8.06. The van der Waals surface area contributed by atoms with E-state index in [4.69, 9.17) is 10.5 Å². The molecule has 9 heteroatoms. The SMILES string of the molecule is COc1ccc([C@H](CNC(=O)Cn2nc(C(N)=O)c3ccccc3c2=O)N2CCCC2)cc1. The number of carbonyl (C=O) groups excluding carboxylic acids is 2. The maximum absolute atomic E-state index is 12.8. The van der Waals surface area contributed by atoms with Crippen LogP contribution < -0.4 is 21.3 Å². The van der Waals surface area contributed by atoms with E-state index >= 15 is 0 Å². The van der Waals surface area contributed by atoms with Crippen molar-refractivity contribution >= 4 is 22.6 Å². The molecule has 0 aliphatic carbocycles. The summed E-state index contributed by atoms with van der Waals surface area (Å²) in [4.78, 5) is 39.8. The number of aromatic nitrogens is 2. The van der Waals surface area contributed by atoms with Gasteiger partial charge in [0.25, 0.3) is 11.5 Å². The summed E-state index contributed by atoms with van der Waals surface area (Å²) in [6.07, 6.45) is 2.24. The molecule has 1 atom stereocenters. The molecule has 4 rings (SSSR count). The fraction of sp³-hybridized carbons (Fsp3) is 0.333. The molecule has 0 radical (unpaired) electrons. The van der Waals surface area contributed by atoms with Gasteiger partial charge in [-0.15, -0.1) is 0 Å². The lowest BCUT2D eigenvalue weighted by Gasteiger charge is -2.28. The highest BCUT2D eigenvalue weighted by Gasteiger charge is 2.24. The molecule has 2 heterocycles. The minimum Gasteiger partial charge on any atom is -0.497 e. The van der Waals surface area contributed by atoms with Gasteiger partial charge in [0.2, 0.25) is 5.91 Å². The van der Waals surface area contributed by atoms with Gasteiger partial charge in [0, 0.05) is 11.9 Å². The molecular weight excluding hydrogens is 422 g/mol. The predicted octanol–water partition coefficient (Wildman–Crippen LogP) is 1.46. The number of fused-ring (bicyclic) bond motifs is 1. The molecule has 33 heavy (non-hydrogen) atoms. The number of carbonyl (C=O) groups is 2. The largest absolute Gasteiger partial charge is 0.497 e. The van der Waals surface area contributed by atoms with Gasteiger partial charge >= 0.3 is 0 Å². The summed E-state index contributed by atoms with van der Waals surface area (Å²) in [6, 6.07) is 14.4. The minimum absolute atomic E-state index is 0.00446. The summed E-state index contributed by atoms with van der Waals surface area (Å²) in [7, 11) is 1.62. The van der Waals surface area contributed by atoms with E-state index in [9.17, 15) is 14.4 Å². The number of methoxy groups -OCH3 is 1. The van der Waals surface area contributed by atoms with Crippen molar-refractivity contribution in [1.29, 1.82) is 0 Å². The van der Waals surface area contributed by atoms with Crippen molar-refractivity contribution in [3.63, 3.8) is 0 Å². The molecule has 1 fully saturated rings. The van der Waals surface area contributed by atoms with Crippen molar-refractivity contribution in [2.24, 2.45) is 5.73 Å². The number of hydrogen-bond acceptors (Lipinski definition) is 6. The van der Waals surface area contributed by atoms with Gasteiger partial charge in [-0.1, -0.05) is 30.3 Å². The lowest BCUT2D eigenvalue weighted by atomic mass is 10.1. The molecule has 1 saturated heterocycles. The van der Waals surface area contributed by atoms with E-state index in [1.54, 1.807) is 31.4 Å². The number of primary amides is 1. The molecule has 172 valence electrons. The van der Waals surface area contributed by atoms with Crippen molar-refractivity contribution in [3.05, 3.63) is 70.1 Å². The van der Waals surface area contributed by atoms with Crippen molar-refractivity contribution in [2.75, 3.05) is 26.7 Å². The highest BCUT2D eigenvalue weighted by Crippen LogP contribution is 2.26. The Morgan fingerprint density at radius 1 is 1.09 bits per heavy atom. The zero-order valence-electron chi connectivity index (χ0n) is 18.5. The van der Waals surface area contributed by atoms with E-state index in [1.165, 1.54) is 0 Å². The molecule has 0 saturated carbocycles. The van der Waals surface area contributed by atoms with Gasteiger partial charge in [-0.25, -0.2) is 4.68 Å². The van der Waals surface area contributed by atoms with Gasteiger partial charge in [-0.2, -0.15) is 5.10 Å². The van der Waals surface area contributed by atoms with E-state index in [0.717, 1.165) is 41.9 Å². The Morgan fingerprint density at radius 3 is 2.39 bits per heavy atom. The van der Waals surface area contributed by atoms with Crippen molar-refractivity contribution in [1.82, 2.24) is 20.0 Å². The van der Waals surface area contributed by atoms with Crippen LogP contribution >= 0.6 is 0 Å². The minimum atomic E-state index is -0.756. The average Bonchev–Trinajstić information content (AvgIpc) is 3.36. The third-order valence-electron chi connectivity index (χ3n) is 5.97. The number of benzene rings is 2. The lowest BCUT2D eigenvalue weighted by molar-refractivity contribution is -0.122. The highest BCUT2D eigenvalue weighted by molar-refractivity contribution is 6.04. The van der Waals surface area contributed by atoms with E-state index in [0.29, 0.717) is 17.3 Å². The smallest absolute Gasteiger partial charge is 0.275 e. The van der Waals surface area contributed by atoms with Crippen molar-refractivity contribution in [2.45, 2.75) is 25.4 Å². The maximum Gasteiger partial charge on any atom is 0.275 e. The standard InChI is InChI=1S/C24H27N5O4/c1-33-17-10-8-16(9-11-17)20(28-12-4-5-13-28)14-26-21(30)15-29-24(32)19-7-3-2-6-18(19)22(27-29)23(25)31/h2-3,6-11,20H,4-5,12-15H2,1H3,(H2,25,31)(H,26,30)/t20-/m0/s1. The van der Waals surface area contributed by atoms with Crippen molar-refractivity contribution < 1.29 is 14.3 Å². The van der Waals surface area contributed by atoms with Crippen LogP contribution in [0.25, 0.3) is 10.8 Å². The van der Waals surface area contributed by atoms with E-state index in [-0.39, 0.29) is 24.2 Å². The quantitative estimate of drug-likeness (QED) is 0.537. The van der Waals surface area contributed by atoms with Crippen LogP contribution in [0.3, 0.4) is 0 Å². The number of nitrogens with two attached hydrogens (primary N) is 1. The monoisotopic (exact) mass is 449 g/mol. The molecule has 0 bridgehead atoms. The zero-order chi connectivity index (χ0) is 23.4. The summed E-state index contributed by atoms with van der Waals surface area (Å²) >= 11 is 0. The van der Waals surface area contributed by atoms with Gasteiger partial charge in [0.05, 0.1) is 18.5 Å². The number of amides is 2. The zero-order valence-corrected chi connectivity index (χ0v) is 18.5. The summed E-state index contributed by atoms with van der Waals surface area (Å²) in [5, 5.41) is 7.67. The first-order valence-corrected chi connectivity index (χ1v) is 10.9. The van der Waals surface area contributed by atoms with E-state index < -0.39 is 11.5 Å². The van der Waals surface area contributed by atoms with Crippen molar-refractivity contribution in [3.8, 4) is 5.75 Å². The molecule has 0 spiro atoms. The summed E-state index contributed by atoms with van der Waals surface area (Å²) in [6.45, 7) is 2.00. The summed E-state index contributed by atoms with van der Waals surface area (Å²) in [5.41, 5.74) is 6.05. The van der Waals surface area contributed by atoms with Crippen LogP contribution in [0, 0.1) is 0 Å². The predicted molar refractivity (Wildman–Crippen MR) is 124 cm³/mol.